The summed E-state index contributed by atoms with van der Waals surface area (Å²) in [5, 5.41) is 9.95. The Hall–Kier alpha value is -1.29. The fourth-order valence-electron chi connectivity index (χ4n) is 2.28. The van der Waals surface area contributed by atoms with Crippen LogP contribution in [0.15, 0.2) is 22.7 Å². The number of aliphatic carboxylic acids is 1. The summed E-state index contributed by atoms with van der Waals surface area (Å²) in [5.41, 5.74) is 3.39. The first-order valence-corrected chi connectivity index (χ1v) is 6.26. The molecule has 1 aromatic heterocycles. The molecule has 90 valence electrons. The third kappa shape index (κ3) is 2.09. The van der Waals surface area contributed by atoms with Crippen LogP contribution in [0.3, 0.4) is 0 Å². The number of para-hydroxylation sites is 1. The molecule has 0 aliphatic heterocycles. The van der Waals surface area contributed by atoms with Gasteiger partial charge in [-0.2, -0.15) is 0 Å². The van der Waals surface area contributed by atoms with Crippen LogP contribution in [-0.2, 0) is 18.3 Å². The van der Waals surface area contributed by atoms with Gasteiger partial charge in [0.2, 0.25) is 0 Å². The smallest absolute Gasteiger partial charge is 0.303 e. The number of carboxylic acid groups (broad SMARTS) is 1. The second-order valence-corrected chi connectivity index (χ2v) is 5.01. The number of aryl methyl sites for hydroxylation is 2. The van der Waals surface area contributed by atoms with Crippen molar-refractivity contribution in [1.29, 1.82) is 0 Å². The predicted octanol–water partition coefficient (Wildman–Crippen LogP) is 3.27. The molecular formula is C13H14BrNO2. The maximum absolute atomic E-state index is 10.7. The average Bonchev–Trinajstić information content (AvgIpc) is 2.50. The van der Waals surface area contributed by atoms with E-state index in [0.717, 1.165) is 15.7 Å². The Morgan fingerprint density at radius 3 is 2.76 bits per heavy atom. The number of aromatic nitrogens is 1. The highest BCUT2D eigenvalue weighted by Gasteiger charge is 2.14. The van der Waals surface area contributed by atoms with Crippen molar-refractivity contribution in [2.45, 2.75) is 19.8 Å². The Bertz CT molecular complexity index is 587. The quantitative estimate of drug-likeness (QED) is 0.944. The summed E-state index contributed by atoms with van der Waals surface area (Å²) in [7, 11) is 1.98. The largest absolute Gasteiger partial charge is 0.481 e. The zero-order valence-corrected chi connectivity index (χ0v) is 11.4. The minimum absolute atomic E-state index is 0.169. The molecule has 1 heterocycles. The van der Waals surface area contributed by atoms with E-state index in [-0.39, 0.29) is 6.42 Å². The van der Waals surface area contributed by atoms with E-state index in [2.05, 4.69) is 26.6 Å². The topological polar surface area (TPSA) is 42.2 Å². The standard InChI is InChI=1S/C13H14BrNO2/c1-8-9-4-3-5-10(14)13(9)15(2)11(8)6-7-12(16)17/h3-5H,6-7H2,1-2H3,(H,16,17). The van der Waals surface area contributed by atoms with Crippen LogP contribution in [-0.4, -0.2) is 15.6 Å². The number of rotatable bonds is 3. The average molecular weight is 296 g/mol. The van der Waals surface area contributed by atoms with E-state index in [1.807, 2.05) is 26.1 Å². The van der Waals surface area contributed by atoms with Gasteiger partial charge in [0.15, 0.2) is 0 Å². The Kier molecular flexibility index (Phi) is 3.24. The molecule has 0 aliphatic rings. The maximum atomic E-state index is 10.7. The van der Waals surface area contributed by atoms with Gasteiger partial charge in [0.05, 0.1) is 11.9 Å². The summed E-state index contributed by atoms with van der Waals surface area (Å²) in [4.78, 5) is 10.7. The van der Waals surface area contributed by atoms with Gasteiger partial charge in [0, 0.05) is 22.6 Å². The first kappa shape index (κ1) is 12.2. The zero-order chi connectivity index (χ0) is 12.6. The third-order valence-electron chi connectivity index (χ3n) is 3.14. The highest BCUT2D eigenvalue weighted by atomic mass is 79.9. The molecule has 0 saturated carbocycles. The van der Waals surface area contributed by atoms with Crippen LogP contribution in [0.4, 0.5) is 0 Å². The number of carboxylic acids is 1. The Morgan fingerprint density at radius 1 is 1.47 bits per heavy atom. The summed E-state index contributed by atoms with van der Waals surface area (Å²) in [6.07, 6.45) is 0.738. The van der Waals surface area contributed by atoms with Gasteiger partial charge < -0.3 is 9.67 Å². The van der Waals surface area contributed by atoms with E-state index in [9.17, 15) is 4.79 Å². The van der Waals surface area contributed by atoms with Gasteiger partial charge >= 0.3 is 5.97 Å². The van der Waals surface area contributed by atoms with Crippen LogP contribution in [0.1, 0.15) is 17.7 Å². The Balaban J connectivity index is 2.57. The van der Waals surface area contributed by atoms with E-state index >= 15 is 0 Å². The van der Waals surface area contributed by atoms with Crippen LogP contribution in [0.2, 0.25) is 0 Å². The first-order chi connectivity index (χ1) is 8.02. The van der Waals surface area contributed by atoms with E-state index in [0.29, 0.717) is 6.42 Å². The van der Waals surface area contributed by atoms with Crippen molar-refractivity contribution in [3.63, 3.8) is 0 Å². The molecule has 0 radical (unpaired) electrons. The maximum Gasteiger partial charge on any atom is 0.303 e. The number of nitrogens with zero attached hydrogens (tertiary/aromatic N) is 1. The molecule has 2 rings (SSSR count). The Morgan fingerprint density at radius 2 is 2.18 bits per heavy atom. The second-order valence-electron chi connectivity index (χ2n) is 4.16. The van der Waals surface area contributed by atoms with Crippen molar-refractivity contribution in [3.8, 4) is 0 Å². The van der Waals surface area contributed by atoms with Crippen molar-refractivity contribution in [1.82, 2.24) is 4.57 Å². The van der Waals surface area contributed by atoms with Gasteiger partial charge in [0.1, 0.15) is 0 Å². The molecule has 0 spiro atoms. The molecule has 0 aliphatic carbocycles. The highest BCUT2D eigenvalue weighted by Crippen LogP contribution is 2.30. The molecular weight excluding hydrogens is 282 g/mol. The Labute approximate surface area is 108 Å². The van der Waals surface area contributed by atoms with E-state index < -0.39 is 5.97 Å². The molecule has 3 nitrogen and oxygen atoms in total. The van der Waals surface area contributed by atoms with Crippen molar-refractivity contribution in [2.75, 3.05) is 0 Å². The van der Waals surface area contributed by atoms with Gasteiger partial charge in [-0.05, 0) is 40.9 Å². The molecule has 2 aromatic rings. The van der Waals surface area contributed by atoms with Crippen molar-refractivity contribution < 1.29 is 9.90 Å². The van der Waals surface area contributed by atoms with Crippen molar-refractivity contribution >= 4 is 32.8 Å². The van der Waals surface area contributed by atoms with E-state index in [1.54, 1.807) is 0 Å². The lowest BCUT2D eigenvalue weighted by Gasteiger charge is -2.04. The normalized spacial score (nSPS) is 11.0. The molecule has 0 atom stereocenters. The van der Waals surface area contributed by atoms with Gasteiger partial charge in [0.25, 0.3) is 0 Å². The van der Waals surface area contributed by atoms with E-state index in [4.69, 9.17) is 5.11 Å². The number of carbonyl (C=O) groups is 1. The van der Waals surface area contributed by atoms with Crippen LogP contribution >= 0.6 is 15.9 Å². The first-order valence-electron chi connectivity index (χ1n) is 5.46. The number of halogens is 1. The summed E-state index contributed by atoms with van der Waals surface area (Å²) in [6.45, 7) is 2.05. The molecule has 4 heteroatoms. The fraction of sp³-hybridized carbons (Fsp3) is 0.308. The lowest BCUT2D eigenvalue weighted by Crippen LogP contribution is -2.03. The molecule has 0 bridgehead atoms. The summed E-state index contributed by atoms with van der Waals surface area (Å²) < 4.78 is 3.12. The highest BCUT2D eigenvalue weighted by molar-refractivity contribution is 9.10. The SMILES string of the molecule is Cc1c(CCC(=O)O)n(C)c2c(Br)cccc12. The van der Waals surface area contributed by atoms with E-state index in [1.165, 1.54) is 10.9 Å². The number of hydrogen-bond donors (Lipinski definition) is 1. The van der Waals surface area contributed by atoms with Gasteiger partial charge in [-0.1, -0.05) is 12.1 Å². The van der Waals surface area contributed by atoms with Crippen LogP contribution in [0.25, 0.3) is 10.9 Å². The van der Waals surface area contributed by atoms with Crippen molar-refractivity contribution in [3.05, 3.63) is 33.9 Å². The van der Waals surface area contributed by atoms with Gasteiger partial charge in [-0.3, -0.25) is 4.79 Å². The zero-order valence-electron chi connectivity index (χ0n) is 9.83. The molecule has 0 unspecified atom stereocenters. The van der Waals surface area contributed by atoms with Crippen LogP contribution < -0.4 is 0 Å². The minimum atomic E-state index is -0.756. The number of benzene rings is 1. The minimum Gasteiger partial charge on any atom is -0.481 e. The van der Waals surface area contributed by atoms with Crippen molar-refractivity contribution in [2.24, 2.45) is 7.05 Å². The number of hydrogen-bond acceptors (Lipinski definition) is 1. The van der Waals surface area contributed by atoms with Crippen LogP contribution in [0.5, 0.6) is 0 Å². The molecule has 1 N–H and O–H groups in total. The van der Waals surface area contributed by atoms with Gasteiger partial charge in [-0.25, -0.2) is 0 Å². The fourth-order valence-corrected chi connectivity index (χ4v) is 2.91. The molecule has 17 heavy (non-hydrogen) atoms. The second kappa shape index (κ2) is 4.53. The third-order valence-corrected chi connectivity index (χ3v) is 3.78. The predicted molar refractivity (Wildman–Crippen MR) is 71.3 cm³/mol. The lowest BCUT2D eigenvalue weighted by molar-refractivity contribution is -0.136. The summed E-state index contributed by atoms with van der Waals surface area (Å²) >= 11 is 3.54. The summed E-state index contributed by atoms with van der Waals surface area (Å²) in [5.74, 6) is -0.756. The lowest BCUT2D eigenvalue weighted by atomic mass is 10.1. The van der Waals surface area contributed by atoms with Gasteiger partial charge in [-0.15, -0.1) is 0 Å². The molecule has 0 saturated heterocycles. The molecule has 0 amide bonds. The number of fused-ring (bicyclic) bond motifs is 1. The molecule has 0 fully saturated rings. The monoisotopic (exact) mass is 295 g/mol. The molecule has 1 aromatic carbocycles. The summed E-state index contributed by atoms with van der Waals surface area (Å²) in [6, 6.07) is 6.07. The van der Waals surface area contributed by atoms with Crippen LogP contribution in [0, 0.1) is 6.92 Å².